The highest BCUT2D eigenvalue weighted by atomic mass is 19.1. The Balaban J connectivity index is 1.29. The van der Waals surface area contributed by atoms with Crippen LogP contribution in [-0.4, -0.2) is 62.6 Å². The lowest BCUT2D eigenvalue weighted by molar-refractivity contribution is 0.102. The summed E-state index contributed by atoms with van der Waals surface area (Å²) in [5, 5.41) is 12.1. The maximum absolute atomic E-state index is 14.5. The monoisotopic (exact) mass is 459 g/mol. The first-order valence-corrected chi connectivity index (χ1v) is 11.8. The van der Waals surface area contributed by atoms with E-state index in [4.69, 9.17) is 0 Å². The summed E-state index contributed by atoms with van der Waals surface area (Å²) in [7, 11) is 0. The van der Waals surface area contributed by atoms with Crippen molar-refractivity contribution in [3.63, 3.8) is 0 Å². The van der Waals surface area contributed by atoms with Gasteiger partial charge in [0.15, 0.2) is 11.5 Å². The Labute approximate surface area is 196 Å². The van der Waals surface area contributed by atoms with E-state index in [-0.39, 0.29) is 11.6 Å². The third-order valence-electron chi connectivity index (χ3n) is 6.95. The lowest BCUT2D eigenvalue weighted by atomic mass is 10.1. The van der Waals surface area contributed by atoms with E-state index in [1.165, 1.54) is 32.0 Å². The molecule has 8 nitrogen and oxygen atoms in total. The van der Waals surface area contributed by atoms with Gasteiger partial charge in [-0.15, -0.1) is 5.10 Å². The minimum atomic E-state index is -0.493. The van der Waals surface area contributed by atoms with E-state index in [1.54, 1.807) is 36.0 Å². The Hall–Kier alpha value is -3.59. The van der Waals surface area contributed by atoms with Gasteiger partial charge >= 0.3 is 0 Å². The normalized spacial score (nSPS) is 18.9. The number of imidazole rings is 1. The number of carbonyl (C=O) groups excluding carboxylic acids is 1. The maximum Gasteiger partial charge on any atom is 0.257 e. The van der Waals surface area contributed by atoms with E-state index >= 15 is 0 Å². The second kappa shape index (κ2) is 8.32. The zero-order chi connectivity index (χ0) is 23.2. The van der Waals surface area contributed by atoms with Crippen LogP contribution in [0.2, 0.25) is 0 Å². The number of likely N-dealkylation sites (tertiary alicyclic amines) is 1. The Morgan fingerprint density at radius 2 is 2.00 bits per heavy atom. The molecule has 174 valence electrons. The Morgan fingerprint density at radius 3 is 2.85 bits per heavy atom. The molecule has 0 spiro atoms. The predicted octanol–water partition coefficient (Wildman–Crippen LogP) is 3.65. The van der Waals surface area contributed by atoms with E-state index in [0.29, 0.717) is 28.5 Å². The Kier molecular flexibility index (Phi) is 5.13. The van der Waals surface area contributed by atoms with Crippen molar-refractivity contribution in [3.05, 3.63) is 59.9 Å². The number of benzene rings is 1. The van der Waals surface area contributed by atoms with E-state index in [0.717, 1.165) is 30.6 Å². The topological polar surface area (TPSA) is 78.7 Å². The van der Waals surface area contributed by atoms with Crippen molar-refractivity contribution in [2.24, 2.45) is 0 Å². The number of hydrogen-bond donors (Lipinski definition) is 1. The van der Waals surface area contributed by atoms with Crippen molar-refractivity contribution in [1.82, 2.24) is 24.5 Å². The molecule has 1 aromatic carbocycles. The summed E-state index contributed by atoms with van der Waals surface area (Å²) in [6.45, 7) is 6.13. The van der Waals surface area contributed by atoms with Gasteiger partial charge in [-0.2, -0.15) is 5.10 Å². The smallest absolute Gasteiger partial charge is 0.257 e. The highest BCUT2D eigenvalue weighted by Gasteiger charge is 2.30. The fourth-order valence-electron chi connectivity index (χ4n) is 5.34. The van der Waals surface area contributed by atoms with E-state index in [1.807, 2.05) is 12.1 Å². The number of aromatic nitrogens is 4. The molecule has 9 heteroatoms. The molecule has 0 aliphatic carbocycles. The lowest BCUT2D eigenvalue weighted by Crippen LogP contribution is -2.35. The molecular formula is C25H26FN7O. The minimum Gasteiger partial charge on any atom is -0.369 e. The van der Waals surface area contributed by atoms with Gasteiger partial charge in [-0.05, 0) is 57.5 Å². The number of aryl methyl sites for hydroxylation is 1. The van der Waals surface area contributed by atoms with Gasteiger partial charge < -0.3 is 14.6 Å². The van der Waals surface area contributed by atoms with Gasteiger partial charge in [-0.3, -0.25) is 9.69 Å². The van der Waals surface area contributed by atoms with Crippen molar-refractivity contribution in [1.29, 1.82) is 0 Å². The summed E-state index contributed by atoms with van der Waals surface area (Å²) >= 11 is 0. The summed E-state index contributed by atoms with van der Waals surface area (Å²) < 4.78 is 16.0. The Morgan fingerprint density at radius 1 is 1.15 bits per heavy atom. The van der Waals surface area contributed by atoms with Crippen LogP contribution in [0.15, 0.2) is 42.9 Å². The maximum atomic E-state index is 14.5. The first-order valence-electron chi connectivity index (χ1n) is 11.8. The highest BCUT2D eigenvalue weighted by Crippen LogP contribution is 2.32. The summed E-state index contributed by atoms with van der Waals surface area (Å²) in [6.07, 6.45) is 8.75. The Bertz CT molecular complexity index is 1400. The SMILES string of the molecule is Cc1cn2cc(NC(=O)c3ccc(N4CCC(N5CCCC5)C4)c4ccnnc34)cc(F)c2n1. The third-order valence-corrected chi connectivity index (χ3v) is 6.95. The number of pyridine rings is 1. The second-order valence-corrected chi connectivity index (χ2v) is 9.20. The largest absolute Gasteiger partial charge is 0.369 e. The van der Waals surface area contributed by atoms with Gasteiger partial charge in [0, 0.05) is 48.7 Å². The lowest BCUT2D eigenvalue weighted by Gasteiger charge is -2.25. The summed E-state index contributed by atoms with van der Waals surface area (Å²) in [4.78, 5) is 22.3. The van der Waals surface area contributed by atoms with Crippen LogP contribution in [0.5, 0.6) is 0 Å². The van der Waals surface area contributed by atoms with Gasteiger partial charge in [-0.25, -0.2) is 9.37 Å². The molecular weight excluding hydrogens is 433 g/mol. The van der Waals surface area contributed by atoms with Gasteiger partial charge in [-0.1, -0.05) is 0 Å². The first kappa shape index (κ1) is 21.0. The fraction of sp³-hybridized carbons (Fsp3) is 0.360. The molecule has 2 aliphatic rings. The van der Waals surface area contributed by atoms with Gasteiger partial charge in [0.05, 0.1) is 23.1 Å². The molecule has 34 heavy (non-hydrogen) atoms. The second-order valence-electron chi connectivity index (χ2n) is 9.20. The van der Waals surface area contributed by atoms with Crippen LogP contribution in [0.4, 0.5) is 15.8 Å². The first-order chi connectivity index (χ1) is 16.6. The summed E-state index contributed by atoms with van der Waals surface area (Å²) in [6, 6.07) is 7.56. The van der Waals surface area contributed by atoms with Crippen molar-refractivity contribution >= 4 is 33.8 Å². The molecule has 1 unspecified atom stereocenters. The number of halogens is 1. The number of amides is 1. The van der Waals surface area contributed by atoms with E-state index in [2.05, 4.69) is 30.3 Å². The molecule has 2 saturated heterocycles. The van der Waals surface area contributed by atoms with Crippen LogP contribution in [0.25, 0.3) is 16.6 Å². The summed E-state index contributed by atoms with van der Waals surface area (Å²) in [5.41, 5.74) is 3.31. The molecule has 0 radical (unpaired) electrons. The van der Waals surface area contributed by atoms with Crippen LogP contribution >= 0.6 is 0 Å². The molecule has 0 bridgehead atoms. The van der Waals surface area contributed by atoms with Crippen molar-refractivity contribution in [2.45, 2.75) is 32.2 Å². The van der Waals surface area contributed by atoms with Crippen LogP contribution in [-0.2, 0) is 0 Å². The van der Waals surface area contributed by atoms with Crippen LogP contribution < -0.4 is 10.2 Å². The minimum absolute atomic E-state index is 0.231. The molecule has 5 heterocycles. The van der Waals surface area contributed by atoms with Crippen LogP contribution in [0.1, 0.15) is 35.3 Å². The molecule has 2 aliphatic heterocycles. The zero-order valence-corrected chi connectivity index (χ0v) is 19.0. The highest BCUT2D eigenvalue weighted by molar-refractivity contribution is 6.13. The number of hydrogen-bond acceptors (Lipinski definition) is 6. The molecule has 2 fully saturated rings. The van der Waals surface area contributed by atoms with Gasteiger partial charge in [0.25, 0.3) is 5.91 Å². The van der Waals surface area contributed by atoms with E-state index in [9.17, 15) is 9.18 Å². The van der Waals surface area contributed by atoms with Crippen LogP contribution in [0.3, 0.4) is 0 Å². The third kappa shape index (κ3) is 3.66. The molecule has 0 saturated carbocycles. The van der Waals surface area contributed by atoms with Crippen molar-refractivity contribution in [2.75, 3.05) is 36.4 Å². The van der Waals surface area contributed by atoms with Crippen molar-refractivity contribution < 1.29 is 9.18 Å². The fourth-order valence-corrected chi connectivity index (χ4v) is 5.34. The van der Waals surface area contributed by atoms with Crippen molar-refractivity contribution in [3.8, 4) is 0 Å². The average molecular weight is 460 g/mol. The molecule has 1 amide bonds. The molecule has 6 rings (SSSR count). The van der Waals surface area contributed by atoms with Gasteiger partial charge in [0.2, 0.25) is 0 Å². The molecule has 4 aromatic rings. The average Bonchev–Trinajstić information content (AvgIpc) is 3.59. The van der Waals surface area contributed by atoms with Crippen LogP contribution in [0, 0.1) is 12.7 Å². The number of nitrogens with one attached hydrogen (secondary N) is 1. The molecule has 1 atom stereocenters. The molecule has 1 N–H and O–H groups in total. The number of carbonyl (C=O) groups is 1. The van der Waals surface area contributed by atoms with Gasteiger partial charge in [0.1, 0.15) is 5.52 Å². The van der Waals surface area contributed by atoms with E-state index < -0.39 is 5.82 Å². The molecule has 3 aromatic heterocycles. The number of anilines is 2. The number of nitrogens with zero attached hydrogens (tertiary/aromatic N) is 6. The summed E-state index contributed by atoms with van der Waals surface area (Å²) in [5.74, 6) is -0.850. The number of fused-ring (bicyclic) bond motifs is 2. The quantitative estimate of drug-likeness (QED) is 0.502. The standard InChI is InChI=1S/C25H26FN7O/c1-16-13-33-14-17(12-21(26)24(33)28-16)29-25(34)20-4-5-22(19-6-8-27-30-23(19)20)32-11-7-18(15-32)31-9-2-3-10-31/h4-6,8,12-14,18H,2-3,7,9-11,15H2,1H3,(H,29,34). The predicted molar refractivity (Wildman–Crippen MR) is 129 cm³/mol. The zero-order valence-electron chi connectivity index (χ0n) is 19.0. The number of rotatable bonds is 4.